The fourth-order valence-corrected chi connectivity index (χ4v) is 7.49. The van der Waals surface area contributed by atoms with Crippen molar-refractivity contribution in [1.29, 1.82) is 0 Å². The van der Waals surface area contributed by atoms with Gasteiger partial charge in [0.1, 0.15) is 17.2 Å². The van der Waals surface area contributed by atoms with Crippen molar-refractivity contribution in [2.24, 2.45) is 11.8 Å². The minimum atomic E-state index is -0.930. The topological polar surface area (TPSA) is 126 Å². The highest BCUT2D eigenvalue weighted by atomic mass is 19.1. The molecule has 0 spiro atoms. The average molecular weight is 637 g/mol. The van der Waals surface area contributed by atoms with Crippen LogP contribution in [0.4, 0.5) is 21.5 Å². The number of esters is 2. The number of hydrogen-bond acceptors (Lipinski definition) is 10. The number of methoxy groups -OCH3 is 2. The van der Waals surface area contributed by atoms with Gasteiger partial charge >= 0.3 is 11.9 Å². The summed E-state index contributed by atoms with van der Waals surface area (Å²) in [6.45, 7) is 6.96. The Labute approximate surface area is 269 Å². The van der Waals surface area contributed by atoms with Crippen molar-refractivity contribution in [3.05, 3.63) is 72.6 Å². The fraction of sp³-hybridized carbons (Fsp3) is 0.543. The normalized spacial score (nSPS) is 18.9. The van der Waals surface area contributed by atoms with Gasteiger partial charge < -0.3 is 30.3 Å². The van der Waals surface area contributed by atoms with Gasteiger partial charge in [-0.1, -0.05) is 38.2 Å². The molecule has 0 unspecified atom stereocenters. The number of hydrogen-bond donors (Lipinski definition) is 3. The summed E-state index contributed by atoms with van der Waals surface area (Å²) < 4.78 is 25.2. The van der Waals surface area contributed by atoms with Crippen LogP contribution in [0.2, 0.25) is 0 Å². The van der Waals surface area contributed by atoms with Crippen LogP contribution in [0.5, 0.6) is 0 Å². The fourth-order valence-electron chi connectivity index (χ4n) is 7.49. The third-order valence-electron chi connectivity index (χ3n) is 9.97. The molecular weight excluding hydrogens is 591 g/mol. The Morgan fingerprint density at radius 3 is 2.09 bits per heavy atom. The second kappa shape index (κ2) is 14.6. The highest BCUT2D eigenvalue weighted by molar-refractivity contribution is 6.00. The standard InChI is InChI=1S/C35H45FN4O6/c1-20-27(34(43)45-3)29(28(21(2)38-20)35(44)46-4)24-11-12-25(36)26(19-24)39-31-30(32(41)33(31)42)37-15-8-16-40-17-13-23(14-18-40)22-9-6-5-7-10-22/h11-12,19,22-23,29,37-39H,5-10,13-18H2,1-4H3. The van der Waals surface area contributed by atoms with Gasteiger partial charge in [0.2, 0.25) is 0 Å². The van der Waals surface area contributed by atoms with Gasteiger partial charge in [0.25, 0.3) is 10.9 Å². The molecule has 3 N–H and O–H groups in total. The molecule has 0 amide bonds. The molecule has 1 saturated heterocycles. The lowest BCUT2D eigenvalue weighted by Crippen LogP contribution is -2.39. The largest absolute Gasteiger partial charge is 0.466 e. The van der Waals surface area contributed by atoms with Crippen LogP contribution in [-0.2, 0) is 19.1 Å². The number of likely N-dealkylation sites (tertiary alicyclic amines) is 1. The van der Waals surface area contributed by atoms with E-state index in [1.54, 1.807) is 13.8 Å². The quantitative estimate of drug-likeness (QED) is 0.179. The zero-order valence-corrected chi connectivity index (χ0v) is 27.2. The Morgan fingerprint density at radius 2 is 1.48 bits per heavy atom. The first-order chi connectivity index (χ1) is 22.1. The van der Waals surface area contributed by atoms with E-state index in [-0.39, 0.29) is 28.2 Å². The molecule has 0 atom stereocenters. The molecule has 2 aliphatic heterocycles. The smallest absolute Gasteiger partial charge is 0.336 e. The van der Waals surface area contributed by atoms with Gasteiger partial charge in [-0.2, -0.15) is 0 Å². The lowest BCUT2D eigenvalue weighted by Gasteiger charge is -2.37. The van der Waals surface area contributed by atoms with Crippen LogP contribution in [0.25, 0.3) is 0 Å². The molecule has 1 aliphatic carbocycles. The summed E-state index contributed by atoms with van der Waals surface area (Å²) in [6, 6.07) is 4.07. The first kappa shape index (κ1) is 33.4. The number of benzene rings is 1. The molecule has 11 heteroatoms. The number of anilines is 3. The molecule has 1 saturated carbocycles. The molecule has 0 aromatic heterocycles. The zero-order chi connectivity index (χ0) is 33.0. The first-order valence-corrected chi connectivity index (χ1v) is 16.4. The summed E-state index contributed by atoms with van der Waals surface area (Å²) in [6.07, 6.45) is 10.2. The summed E-state index contributed by atoms with van der Waals surface area (Å²) >= 11 is 0. The van der Waals surface area contributed by atoms with Gasteiger partial charge in [-0.05, 0) is 82.3 Å². The summed E-state index contributed by atoms with van der Waals surface area (Å²) in [5.74, 6) is -1.18. The van der Waals surface area contributed by atoms with Crippen molar-refractivity contribution in [3.63, 3.8) is 0 Å². The van der Waals surface area contributed by atoms with E-state index in [1.165, 1.54) is 77.4 Å². The van der Waals surface area contributed by atoms with Crippen molar-refractivity contribution >= 4 is 29.0 Å². The monoisotopic (exact) mass is 636 g/mol. The van der Waals surface area contributed by atoms with E-state index in [9.17, 15) is 19.2 Å². The van der Waals surface area contributed by atoms with Gasteiger partial charge in [-0.3, -0.25) is 9.59 Å². The highest BCUT2D eigenvalue weighted by Crippen LogP contribution is 2.41. The second-order valence-corrected chi connectivity index (χ2v) is 12.7. The third-order valence-corrected chi connectivity index (χ3v) is 9.97. The molecule has 2 heterocycles. The van der Waals surface area contributed by atoms with Gasteiger partial charge in [0.15, 0.2) is 0 Å². The van der Waals surface area contributed by atoms with Gasteiger partial charge in [0, 0.05) is 17.9 Å². The Kier molecular flexibility index (Phi) is 10.6. The minimum Gasteiger partial charge on any atom is -0.466 e. The summed E-state index contributed by atoms with van der Waals surface area (Å²) in [5, 5.41) is 8.92. The Morgan fingerprint density at radius 1 is 0.891 bits per heavy atom. The van der Waals surface area contributed by atoms with Crippen LogP contribution in [0.3, 0.4) is 0 Å². The summed E-state index contributed by atoms with van der Waals surface area (Å²) in [4.78, 5) is 53.2. The molecule has 5 rings (SSSR count). The number of rotatable bonds is 11. The van der Waals surface area contributed by atoms with Gasteiger partial charge in [-0.25, -0.2) is 14.0 Å². The number of halogens is 1. The summed E-state index contributed by atoms with van der Waals surface area (Å²) in [7, 11) is 2.47. The Bertz CT molecular complexity index is 1550. The minimum absolute atomic E-state index is 0.0144. The zero-order valence-electron chi connectivity index (χ0n) is 27.2. The second-order valence-electron chi connectivity index (χ2n) is 12.7. The van der Waals surface area contributed by atoms with E-state index in [4.69, 9.17) is 9.47 Å². The Balaban J connectivity index is 1.26. The molecule has 248 valence electrons. The van der Waals surface area contributed by atoms with Crippen LogP contribution < -0.4 is 26.8 Å². The van der Waals surface area contributed by atoms with E-state index in [0.29, 0.717) is 23.5 Å². The van der Waals surface area contributed by atoms with Gasteiger partial charge in [0.05, 0.1) is 37.0 Å². The van der Waals surface area contributed by atoms with Crippen LogP contribution in [0.15, 0.2) is 50.3 Å². The molecule has 2 aromatic carbocycles. The lowest BCUT2D eigenvalue weighted by molar-refractivity contribution is -0.137. The molecule has 3 aliphatic rings. The van der Waals surface area contributed by atoms with Gasteiger partial charge in [-0.15, -0.1) is 0 Å². The lowest BCUT2D eigenvalue weighted by atomic mass is 9.76. The number of dihydropyridines is 1. The van der Waals surface area contributed by atoms with Crippen molar-refractivity contribution in [2.45, 2.75) is 71.1 Å². The molecule has 0 radical (unpaired) electrons. The predicted molar refractivity (Wildman–Crippen MR) is 175 cm³/mol. The molecular formula is C35H45FN4O6. The number of allylic oxidation sites excluding steroid dienone is 2. The third kappa shape index (κ3) is 6.89. The average Bonchev–Trinajstić information content (AvgIpc) is 3.07. The van der Waals surface area contributed by atoms with E-state index >= 15 is 4.39 Å². The predicted octanol–water partition coefficient (Wildman–Crippen LogP) is 4.84. The highest BCUT2D eigenvalue weighted by Gasteiger charge is 2.38. The number of ether oxygens (including phenoxy) is 2. The number of carbonyl (C=O) groups is 2. The number of carbonyl (C=O) groups excluding carboxylic acids is 2. The maximum absolute atomic E-state index is 15.1. The van der Waals surface area contributed by atoms with E-state index < -0.39 is 34.5 Å². The number of piperidine rings is 1. The SMILES string of the molecule is COC(=O)C1=C(C)NC(C)=C(C(=O)OC)C1c1ccc(F)c(Nc2c(NCCCN3CCC(C4CCCCC4)CC3)c(=O)c2=O)c1. The van der Waals surface area contributed by atoms with Crippen LogP contribution >= 0.6 is 0 Å². The van der Waals surface area contributed by atoms with E-state index in [2.05, 4.69) is 20.9 Å². The van der Waals surface area contributed by atoms with E-state index in [0.717, 1.165) is 37.9 Å². The summed E-state index contributed by atoms with van der Waals surface area (Å²) in [5.41, 5.74) is 0.332. The van der Waals surface area contributed by atoms with Crippen LogP contribution in [0.1, 0.15) is 76.7 Å². The van der Waals surface area contributed by atoms with Crippen molar-refractivity contribution in [2.75, 3.05) is 51.0 Å². The number of nitrogens with zero attached hydrogens (tertiary/aromatic N) is 1. The van der Waals surface area contributed by atoms with E-state index in [1.807, 2.05) is 0 Å². The molecule has 2 aromatic rings. The van der Waals surface area contributed by atoms with Crippen molar-refractivity contribution < 1.29 is 23.5 Å². The first-order valence-electron chi connectivity index (χ1n) is 16.4. The van der Waals surface area contributed by atoms with Crippen LogP contribution in [-0.4, -0.2) is 57.2 Å². The Hall–Kier alpha value is -3.99. The molecule has 46 heavy (non-hydrogen) atoms. The van der Waals surface area contributed by atoms with Crippen molar-refractivity contribution in [3.8, 4) is 0 Å². The number of nitrogens with one attached hydrogen (secondary N) is 3. The van der Waals surface area contributed by atoms with Crippen molar-refractivity contribution in [1.82, 2.24) is 10.2 Å². The molecule has 10 nitrogen and oxygen atoms in total. The maximum Gasteiger partial charge on any atom is 0.336 e. The van der Waals surface area contributed by atoms with Crippen LogP contribution in [0, 0.1) is 17.7 Å². The maximum atomic E-state index is 15.1. The molecule has 2 fully saturated rings. The molecule has 0 bridgehead atoms.